The second-order valence-electron chi connectivity index (χ2n) is 5.94. The highest BCUT2D eigenvalue weighted by Gasteiger charge is 2.13. The molecule has 0 unspecified atom stereocenters. The van der Waals surface area contributed by atoms with Crippen molar-refractivity contribution in [1.82, 2.24) is 9.62 Å². The fourth-order valence-electron chi connectivity index (χ4n) is 2.16. The Balaban J connectivity index is 1.93. The van der Waals surface area contributed by atoms with Crippen molar-refractivity contribution in [2.75, 3.05) is 13.3 Å². The Morgan fingerprint density at radius 1 is 1.27 bits per heavy atom. The summed E-state index contributed by atoms with van der Waals surface area (Å²) in [5.41, 5.74) is 0.999. The topological polar surface area (TPSA) is 79.6 Å². The van der Waals surface area contributed by atoms with Gasteiger partial charge in [-0.3, -0.25) is 4.79 Å². The molecular weight excluding hydrogens is 420 g/mol. The number of hydrogen-bond acceptors (Lipinski definition) is 4. The van der Waals surface area contributed by atoms with E-state index in [1.165, 1.54) is 17.4 Å². The van der Waals surface area contributed by atoms with E-state index in [9.17, 15) is 13.2 Å². The number of rotatable bonds is 7. The molecule has 1 atom stereocenters. The van der Waals surface area contributed by atoms with Crippen LogP contribution in [0.1, 0.15) is 30.0 Å². The molecule has 26 heavy (non-hydrogen) atoms. The molecule has 0 bridgehead atoms. The lowest BCUT2D eigenvalue weighted by atomic mass is 10.1. The molecule has 1 aromatic carbocycles. The zero-order chi connectivity index (χ0) is 19.3. The van der Waals surface area contributed by atoms with Crippen LogP contribution >= 0.6 is 15.9 Å². The molecule has 1 aromatic heterocycles. The lowest BCUT2D eigenvalue weighted by Crippen LogP contribution is -2.24. The first-order valence-corrected chi connectivity index (χ1v) is 10.5. The average Bonchev–Trinajstić information content (AvgIpc) is 3.00. The molecule has 6 nitrogen and oxygen atoms in total. The number of halogens is 1. The highest BCUT2D eigenvalue weighted by atomic mass is 79.9. The first-order valence-electron chi connectivity index (χ1n) is 7.89. The van der Waals surface area contributed by atoms with Gasteiger partial charge in [-0.2, -0.15) is 4.31 Å². The van der Waals surface area contributed by atoms with Crippen molar-refractivity contribution >= 4 is 37.9 Å². The molecule has 0 radical (unpaired) electrons. The van der Waals surface area contributed by atoms with E-state index in [0.717, 1.165) is 16.3 Å². The highest BCUT2D eigenvalue weighted by Crippen LogP contribution is 2.17. The van der Waals surface area contributed by atoms with Crippen LogP contribution in [0.15, 0.2) is 51.4 Å². The smallest absolute Gasteiger partial charge is 0.244 e. The Morgan fingerprint density at radius 3 is 2.54 bits per heavy atom. The second kappa shape index (κ2) is 8.66. The Labute approximate surface area is 162 Å². The molecule has 1 amide bonds. The third-order valence-corrected chi connectivity index (χ3v) is 5.54. The van der Waals surface area contributed by atoms with Gasteiger partial charge in [0.1, 0.15) is 11.5 Å². The zero-order valence-electron chi connectivity index (χ0n) is 14.8. The van der Waals surface area contributed by atoms with E-state index >= 15 is 0 Å². The van der Waals surface area contributed by atoms with Crippen LogP contribution in [0.3, 0.4) is 0 Å². The number of benzene rings is 1. The van der Waals surface area contributed by atoms with E-state index < -0.39 is 10.0 Å². The fraction of sp³-hybridized carbons (Fsp3) is 0.278. The SMILES string of the molecule is C[C@@H](NC(=O)/C=C/c1ccc(CN(C)S(C)(=O)=O)o1)c1ccc(Br)cc1. The van der Waals surface area contributed by atoms with E-state index in [2.05, 4.69) is 21.2 Å². The molecular formula is C18H21BrN2O4S. The number of hydrogen-bond donors (Lipinski definition) is 1. The molecule has 1 N–H and O–H groups in total. The number of carbonyl (C=O) groups excluding carboxylic acids is 1. The number of nitrogens with zero attached hydrogens (tertiary/aromatic N) is 1. The molecule has 8 heteroatoms. The number of nitrogens with one attached hydrogen (secondary N) is 1. The Hall–Kier alpha value is -1.90. The summed E-state index contributed by atoms with van der Waals surface area (Å²) in [5.74, 6) is 0.737. The van der Waals surface area contributed by atoms with E-state index in [0.29, 0.717) is 11.5 Å². The normalized spacial score (nSPS) is 13.3. The van der Waals surface area contributed by atoms with Crippen LogP contribution < -0.4 is 5.32 Å². The Morgan fingerprint density at radius 2 is 1.92 bits per heavy atom. The molecule has 2 rings (SSSR count). The molecule has 0 saturated heterocycles. The molecule has 0 aliphatic rings. The lowest BCUT2D eigenvalue weighted by molar-refractivity contribution is -0.117. The largest absolute Gasteiger partial charge is 0.460 e. The fourth-order valence-corrected chi connectivity index (χ4v) is 2.79. The van der Waals surface area contributed by atoms with Crippen LogP contribution in [-0.2, 0) is 21.4 Å². The maximum absolute atomic E-state index is 12.0. The minimum absolute atomic E-state index is 0.129. The number of amides is 1. The summed E-state index contributed by atoms with van der Waals surface area (Å²) >= 11 is 3.38. The van der Waals surface area contributed by atoms with Crippen molar-refractivity contribution < 1.29 is 17.6 Å². The van der Waals surface area contributed by atoms with Crippen LogP contribution in [0.2, 0.25) is 0 Å². The summed E-state index contributed by atoms with van der Waals surface area (Å²) in [6, 6.07) is 11.0. The van der Waals surface area contributed by atoms with Crippen LogP contribution in [0.5, 0.6) is 0 Å². The van der Waals surface area contributed by atoms with Crippen molar-refractivity contribution in [3.8, 4) is 0 Å². The first-order chi connectivity index (χ1) is 12.1. The number of carbonyl (C=O) groups is 1. The lowest BCUT2D eigenvalue weighted by Gasteiger charge is -2.12. The van der Waals surface area contributed by atoms with Crippen molar-refractivity contribution in [3.05, 3.63) is 64.0 Å². The van der Waals surface area contributed by atoms with Crippen molar-refractivity contribution in [3.63, 3.8) is 0 Å². The van der Waals surface area contributed by atoms with E-state index in [-0.39, 0.29) is 18.5 Å². The van der Waals surface area contributed by atoms with Crippen LogP contribution in [0, 0.1) is 0 Å². The third-order valence-electron chi connectivity index (χ3n) is 3.75. The zero-order valence-corrected chi connectivity index (χ0v) is 17.2. The van der Waals surface area contributed by atoms with Gasteiger partial charge in [0.15, 0.2) is 0 Å². The molecule has 2 aromatic rings. The maximum Gasteiger partial charge on any atom is 0.244 e. The predicted molar refractivity (Wildman–Crippen MR) is 105 cm³/mol. The van der Waals surface area contributed by atoms with Crippen LogP contribution in [-0.4, -0.2) is 31.9 Å². The van der Waals surface area contributed by atoms with Gasteiger partial charge in [-0.05, 0) is 42.8 Å². The minimum atomic E-state index is -3.27. The monoisotopic (exact) mass is 440 g/mol. The summed E-state index contributed by atoms with van der Waals surface area (Å²) in [4.78, 5) is 12.0. The van der Waals surface area contributed by atoms with Crippen LogP contribution in [0.25, 0.3) is 6.08 Å². The number of sulfonamides is 1. The molecule has 0 aliphatic carbocycles. The second-order valence-corrected chi connectivity index (χ2v) is 8.94. The highest BCUT2D eigenvalue weighted by molar-refractivity contribution is 9.10. The van der Waals surface area contributed by atoms with Gasteiger partial charge in [-0.25, -0.2) is 8.42 Å². The molecule has 0 fully saturated rings. The van der Waals surface area contributed by atoms with Gasteiger partial charge in [-0.1, -0.05) is 28.1 Å². The quantitative estimate of drug-likeness (QED) is 0.669. The van der Waals surface area contributed by atoms with Crippen LogP contribution in [0.4, 0.5) is 0 Å². The Kier molecular flexibility index (Phi) is 6.80. The van der Waals surface area contributed by atoms with Crippen molar-refractivity contribution in [2.24, 2.45) is 0 Å². The van der Waals surface area contributed by atoms with Gasteiger partial charge in [0.25, 0.3) is 0 Å². The minimum Gasteiger partial charge on any atom is -0.460 e. The molecule has 140 valence electrons. The van der Waals surface area contributed by atoms with Gasteiger partial charge < -0.3 is 9.73 Å². The van der Waals surface area contributed by atoms with Gasteiger partial charge in [0.05, 0.1) is 18.8 Å². The summed E-state index contributed by atoms with van der Waals surface area (Å²) in [6.07, 6.45) is 4.07. The van der Waals surface area contributed by atoms with E-state index in [4.69, 9.17) is 4.42 Å². The standard InChI is InChI=1S/C18H21BrN2O4S/c1-13(14-4-6-15(19)7-5-14)20-18(22)11-10-16-8-9-17(25-16)12-21(2)26(3,23)24/h4-11,13H,12H2,1-3H3,(H,20,22)/b11-10+/t13-/m1/s1. The van der Waals surface area contributed by atoms with Gasteiger partial charge >= 0.3 is 0 Å². The summed E-state index contributed by atoms with van der Waals surface area (Å²) in [5, 5.41) is 2.87. The van der Waals surface area contributed by atoms with Gasteiger partial charge in [0.2, 0.25) is 15.9 Å². The average molecular weight is 441 g/mol. The first kappa shape index (κ1) is 20.4. The molecule has 0 saturated carbocycles. The van der Waals surface area contributed by atoms with Crippen molar-refractivity contribution in [1.29, 1.82) is 0 Å². The molecule has 0 aliphatic heterocycles. The summed E-state index contributed by atoms with van der Waals surface area (Å²) in [7, 11) is -1.80. The Bertz CT molecular complexity index is 888. The molecule has 0 spiro atoms. The van der Waals surface area contributed by atoms with E-state index in [1.54, 1.807) is 18.2 Å². The molecule has 1 heterocycles. The number of furan rings is 1. The van der Waals surface area contributed by atoms with Crippen molar-refractivity contribution in [2.45, 2.75) is 19.5 Å². The van der Waals surface area contributed by atoms with E-state index in [1.807, 2.05) is 31.2 Å². The predicted octanol–water partition coefficient (Wildman–Crippen LogP) is 3.32. The van der Waals surface area contributed by atoms with Gasteiger partial charge in [-0.15, -0.1) is 0 Å². The maximum atomic E-state index is 12.0. The third kappa shape index (κ3) is 6.12. The summed E-state index contributed by atoms with van der Waals surface area (Å²) in [6.45, 7) is 2.04. The summed E-state index contributed by atoms with van der Waals surface area (Å²) < 4.78 is 30.5. The van der Waals surface area contributed by atoms with Gasteiger partial charge in [0, 0.05) is 17.6 Å².